The van der Waals surface area contributed by atoms with Crippen molar-refractivity contribution >= 4 is 35.2 Å². The summed E-state index contributed by atoms with van der Waals surface area (Å²) in [6.45, 7) is 0.740. The van der Waals surface area contributed by atoms with Crippen LogP contribution in [-0.4, -0.2) is 39.5 Å². The lowest BCUT2D eigenvalue weighted by atomic mass is 9.74. The van der Waals surface area contributed by atoms with Crippen LogP contribution in [0.1, 0.15) is 96.3 Å². The predicted molar refractivity (Wildman–Crippen MR) is 140 cm³/mol. The number of aliphatic carboxylic acids is 1. The number of carboxylic acid groups (broad SMARTS) is 1. The first kappa shape index (κ1) is 26.6. The van der Waals surface area contributed by atoms with Gasteiger partial charge in [0, 0.05) is 17.2 Å². The second kappa shape index (κ2) is 12.7. The molecular weight excluding hydrogens is 468 g/mol. The van der Waals surface area contributed by atoms with Crippen LogP contribution in [0.5, 0.6) is 0 Å². The van der Waals surface area contributed by atoms with Crippen LogP contribution in [0, 0.1) is 35.5 Å². The minimum Gasteiger partial charge on any atom is -0.481 e. The van der Waals surface area contributed by atoms with Gasteiger partial charge in [0.05, 0.1) is 10.6 Å². The van der Waals surface area contributed by atoms with Crippen molar-refractivity contribution in [1.29, 1.82) is 0 Å². The van der Waals surface area contributed by atoms with E-state index in [1.165, 1.54) is 32.1 Å². The van der Waals surface area contributed by atoms with E-state index < -0.39 is 5.97 Å². The molecule has 0 radical (unpaired) electrons. The molecule has 194 valence electrons. The van der Waals surface area contributed by atoms with Crippen molar-refractivity contribution in [3.63, 3.8) is 0 Å². The van der Waals surface area contributed by atoms with Crippen LogP contribution >= 0.6 is 23.4 Å². The minimum absolute atomic E-state index is 0.0714. The molecule has 0 aromatic carbocycles. The van der Waals surface area contributed by atoms with Gasteiger partial charge in [-0.15, -0.1) is 23.4 Å². The maximum Gasteiger partial charge on any atom is 0.306 e. The van der Waals surface area contributed by atoms with E-state index in [2.05, 4.69) is 5.32 Å². The van der Waals surface area contributed by atoms with E-state index in [0.29, 0.717) is 28.9 Å². The fraction of sp³-hybridized carbons (Fsp3) is 0.926. The van der Waals surface area contributed by atoms with E-state index in [9.17, 15) is 14.7 Å². The van der Waals surface area contributed by atoms with E-state index in [-0.39, 0.29) is 28.5 Å². The second-order valence-corrected chi connectivity index (χ2v) is 13.8. The van der Waals surface area contributed by atoms with Crippen molar-refractivity contribution in [2.75, 3.05) is 6.54 Å². The van der Waals surface area contributed by atoms with Crippen LogP contribution in [0.15, 0.2) is 0 Å². The Morgan fingerprint density at radius 2 is 1.56 bits per heavy atom. The highest BCUT2D eigenvalue weighted by molar-refractivity contribution is 8.02. The number of nitrogens with one attached hydrogen (secondary N) is 1. The third-order valence-electron chi connectivity index (χ3n) is 9.51. The number of nitrogens with two attached hydrogens (primary N) is 1. The number of alkyl halides is 1. The summed E-state index contributed by atoms with van der Waals surface area (Å²) in [5.41, 5.74) is 5.86. The van der Waals surface area contributed by atoms with Gasteiger partial charge < -0.3 is 16.2 Å². The van der Waals surface area contributed by atoms with Crippen molar-refractivity contribution in [2.24, 2.45) is 41.2 Å². The molecule has 1 amide bonds. The lowest BCUT2D eigenvalue weighted by Crippen LogP contribution is -2.46. The predicted octanol–water partition coefficient (Wildman–Crippen LogP) is 5.78. The zero-order chi connectivity index (χ0) is 24.1. The Labute approximate surface area is 215 Å². The molecule has 0 aromatic rings. The van der Waals surface area contributed by atoms with Gasteiger partial charge in [-0.3, -0.25) is 9.59 Å². The van der Waals surface area contributed by atoms with Gasteiger partial charge in [-0.05, 0) is 94.4 Å². The maximum atomic E-state index is 13.3. The normalized spacial score (nSPS) is 38.4. The van der Waals surface area contributed by atoms with Crippen molar-refractivity contribution in [1.82, 2.24) is 5.32 Å². The van der Waals surface area contributed by atoms with Crippen LogP contribution in [0.4, 0.5) is 0 Å². The van der Waals surface area contributed by atoms with E-state index in [4.69, 9.17) is 17.3 Å². The Hall–Kier alpha value is -0.460. The van der Waals surface area contributed by atoms with Crippen LogP contribution in [0.25, 0.3) is 0 Å². The average Bonchev–Trinajstić information content (AvgIpc) is 3.25. The van der Waals surface area contributed by atoms with Crippen LogP contribution in [0.3, 0.4) is 0 Å². The Balaban J connectivity index is 1.37. The zero-order valence-corrected chi connectivity index (χ0v) is 22.2. The fourth-order valence-electron chi connectivity index (χ4n) is 7.21. The first-order valence-electron chi connectivity index (χ1n) is 14.0. The van der Waals surface area contributed by atoms with Gasteiger partial charge in [0.2, 0.25) is 5.91 Å². The van der Waals surface area contributed by atoms with Crippen LogP contribution in [-0.2, 0) is 9.59 Å². The molecule has 0 bridgehead atoms. The summed E-state index contributed by atoms with van der Waals surface area (Å²) in [4.78, 5) is 24.7. The molecule has 4 N–H and O–H groups in total. The quantitative estimate of drug-likeness (QED) is 0.358. The number of carbonyl (C=O) groups excluding carboxylic acids is 1. The molecule has 7 heteroatoms. The van der Waals surface area contributed by atoms with Crippen molar-refractivity contribution < 1.29 is 14.7 Å². The summed E-state index contributed by atoms with van der Waals surface area (Å²) in [7, 11) is 0. The van der Waals surface area contributed by atoms with Gasteiger partial charge in [-0.1, -0.05) is 32.1 Å². The molecule has 4 fully saturated rings. The molecule has 3 saturated carbocycles. The molecule has 4 atom stereocenters. The topological polar surface area (TPSA) is 92.4 Å². The average molecular weight is 513 g/mol. The largest absolute Gasteiger partial charge is 0.481 e. The fourth-order valence-corrected chi connectivity index (χ4v) is 9.48. The van der Waals surface area contributed by atoms with Gasteiger partial charge >= 0.3 is 5.97 Å². The van der Waals surface area contributed by atoms with Crippen LogP contribution < -0.4 is 11.1 Å². The third-order valence-corrected chi connectivity index (χ3v) is 11.6. The number of amides is 1. The summed E-state index contributed by atoms with van der Waals surface area (Å²) in [6.07, 6.45) is 16.3. The highest BCUT2D eigenvalue weighted by atomic mass is 35.5. The molecule has 1 saturated heterocycles. The highest BCUT2D eigenvalue weighted by Crippen LogP contribution is 2.50. The first-order valence-corrected chi connectivity index (χ1v) is 15.3. The van der Waals surface area contributed by atoms with Crippen LogP contribution in [0.2, 0.25) is 0 Å². The van der Waals surface area contributed by atoms with Crippen molar-refractivity contribution in [3.05, 3.63) is 0 Å². The van der Waals surface area contributed by atoms with Gasteiger partial charge in [0.25, 0.3) is 0 Å². The molecule has 4 unspecified atom stereocenters. The van der Waals surface area contributed by atoms with Gasteiger partial charge in [-0.25, -0.2) is 0 Å². The molecule has 1 aliphatic heterocycles. The second-order valence-electron chi connectivity index (χ2n) is 11.7. The summed E-state index contributed by atoms with van der Waals surface area (Å²) in [5, 5.41) is 13.3. The van der Waals surface area contributed by atoms with E-state index in [1.807, 2.05) is 11.8 Å². The molecule has 4 aliphatic rings. The Morgan fingerprint density at radius 3 is 2.18 bits per heavy atom. The lowest BCUT2D eigenvalue weighted by molar-refractivity contribution is -0.143. The SMILES string of the molecule is NCC1CCC(C(=O)NC(CC2CCCCC2)C2CC(C3CCC(C(=O)O)CC3)C(Cl)S2)CC1. The molecule has 4 rings (SSSR count). The summed E-state index contributed by atoms with van der Waals surface area (Å²) >= 11 is 8.81. The Bertz CT molecular complexity index is 673. The number of hydrogen-bond acceptors (Lipinski definition) is 4. The molecule has 1 heterocycles. The molecular formula is C27H45ClN2O3S. The number of carboxylic acids is 1. The highest BCUT2D eigenvalue weighted by Gasteiger charge is 2.44. The summed E-state index contributed by atoms with van der Waals surface area (Å²) in [5.74, 6) is 1.82. The van der Waals surface area contributed by atoms with E-state index >= 15 is 0 Å². The van der Waals surface area contributed by atoms with Gasteiger partial charge in [-0.2, -0.15) is 0 Å². The minimum atomic E-state index is -0.643. The maximum absolute atomic E-state index is 13.3. The number of rotatable bonds is 8. The lowest BCUT2D eigenvalue weighted by Gasteiger charge is -2.34. The molecule has 34 heavy (non-hydrogen) atoms. The number of thioether (sulfide) groups is 1. The number of halogens is 1. The first-order chi connectivity index (χ1) is 16.4. The standard InChI is InChI=1S/C27H45ClN2O3S/c28-25-22(19-10-12-21(13-11-19)27(32)33)15-24(34-25)23(14-17-4-2-1-3-5-17)30-26(31)20-8-6-18(16-29)7-9-20/h17-25H,1-16,29H2,(H,30,31)(H,32,33). The monoisotopic (exact) mass is 512 g/mol. The third kappa shape index (κ3) is 6.85. The summed E-state index contributed by atoms with van der Waals surface area (Å²) in [6, 6.07) is 0.203. The van der Waals surface area contributed by atoms with Gasteiger partial charge in [0.1, 0.15) is 0 Å². The molecule has 5 nitrogen and oxygen atoms in total. The van der Waals surface area contributed by atoms with Gasteiger partial charge in [0.15, 0.2) is 0 Å². The summed E-state index contributed by atoms with van der Waals surface area (Å²) < 4.78 is 0.0714. The van der Waals surface area contributed by atoms with E-state index in [0.717, 1.165) is 70.8 Å². The Morgan fingerprint density at radius 1 is 0.912 bits per heavy atom. The molecule has 3 aliphatic carbocycles. The van der Waals surface area contributed by atoms with Crippen molar-refractivity contribution in [3.8, 4) is 0 Å². The Kier molecular flexibility index (Phi) is 9.91. The molecule has 0 spiro atoms. The smallest absolute Gasteiger partial charge is 0.306 e. The zero-order valence-electron chi connectivity index (χ0n) is 20.6. The number of hydrogen-bond donors (Lipinski definition) is 3. The molecule has 0 aromatic heterocycles. The van der Waals surface area contributed by atoms with E-state index in [1.54, 1.807) is 0 Å². The van der Waals surface area contributed by atoms with Crippen molar-refractivity contribution in [2.45, 2.75) is 112 Å². The number of carbonyl (C=O) groups is 2.